The largest absolute Gasteiger partial charge is 0.497 e. The fraction of sp³-hybridized carbons (Fsp3) is 0.0500. The van der Waals surface area contributed by atoms with E-state index < -0.39 is 10.0 Å². The molecule has 0 fully saturated rings. The summed E-state index contributed by atoms with van der Waals surface area (Å²) in [5.74, 6) is 1.21. The number of methoxy groups -OCH3 is 1. The number of rotatable bonds is 5. The van der Waals surface area contributed by atoms with Crippen LogP contribution in [0.3, 0.4) is 0 Å². The molecule has 0 aliphatic rings. The van der Waals surface area contributed by atoms with Crippen molar-refractivity contribution < 1.29 is 17.9 Å². The van der Waals surface area contributed by atoms with Gasteiger partial charge in [-0.2, -0.15) is 4.98 Å². The van der Waals surface area contributed by atoms with Crippen molar-refractivity contribution in [3.63, 3.8) is 0 Å². The highest BCUT2D eigenvalue weighted by atomic mass is 32.2. The van der Waals surface area contributed by atoms with Gasteiger partial charge in [-0.25, -0.2) is 18.5 Å². The summed E-state index contributed by atoms with van der Waals surface area (Å²) in [6, 6.07) is 14.9. The van der Waals surface area contributed by atoms with Crippen molar-refractivity contribution in [2.24, 2.45) is 5.14 Å². The molecule has 146 valence electrons. The number of nitrogens with two attached hydrogens (primary N) is 1. The lowest BCUT2D eigenvalue weighted by atomic mass is 10.2. The van der Waals surface area contributed by atoms with E-state index in [0.717, 1.165) is 0 Å². The fourth-order valence-electron chi connectivity index (χ4n) is 2.78. The predicted octanol–water partition coefficient (Wildman–Crippen LogP) is 3.14. The molecular weight excluding hydrogens is 392 g/mol. The number of nitrogens with zero attached hydrogens (tertiary/aromatic N) is 3. The topological polar surface area (TPSA) is 117 Å². The molecule has 8 nitrogen and oxygen atoms in total. The maximum absolute atomic E-state index is 11.9. The third-order valence-corrected chi connectivity index (χ3v) is 5.10. The number of pyridine rings is 1. The zero-order chi connectivity index (χ0) is 20.4. The molecule has 2 N–H and O–H groups in total. The lowest BCUT2D eigenvalue weighted by Gasteiger charge is -2.13. The molecule has 0 aliphatic carbocycles. The fourth-order valence-corrected chi connectivity index (χ4v) is 3.44. The summed E-state index contributed by atoms with van der Waals surface area (Å²) in [4.78, 5) is 13.0. The van der Waals surface area contributed by atoms with Crippen LogP contribution < -0.4 is 14.6 Å². The second-order valence-electron chi connectivity index (χ2n) is 6.07. The zero-order valence-electron chi connectivity index (χ0n) is 15.3. The summed E-state index contributed by atoms with van der Waals surface area (Å²) < 4.78 is 35.1. The van der Waals surface area contributed by atoms with E-state index in [9.17, 15) is 8.42 Å². The highest BCUT2D eigenvalue weighted by molar-refractivity contribution is 7.89. The first-order valence-corrected chi connectivity index (χ1v) is 10.1. The summed E-state index contributed by atoms with van der Waals surface area (Å²) in [6.45, 7) is 0. The molecule has 0 aliphatic heterocycles. The number of primary sulfonamides is 1. The van der Waals surface area contributed by atoms with E-state index in [-0.39, 0.29) is 16.5 Å². The van der Waals surface area contributed by atoms with Crippen LogP contribution in [0.2, 0.25) is 0 Å². The maximum Gasteiger partial charge on any atom is 0.241 e. The van der Waals surface area contributed by atoms with Crippen LogP contribution in [0.5, 0.6) is 17.4 Å². The molecule has 2 heterocycles. The third kappa shape index (κ3) is 3.86. The highest BCUT2D eigenvalue weighted by Crippen LogP contribution is 2.34. The molecular formula is C20H16N4O4S. The SMILES string of the molecule is COc1ccc2nc(-c3cccnc3)nc(Oc3ccccc3S(N)(=O)=O)c2c1. The Labute approximate surface area is 167 Å². The van der Waals surface area contributed by atoms with Crippen molar-refractivity contribution in [2.75, 3.05) is 7.11 Å². The van der Waals surface area contributed by atoms with Crippen molar-refractivity contribution in [1.29, 1.82) is 0 Å². The van der Waals surface area contributed by atoms with Crippen molar-refractivity contribution in [3.8, 4) is 28.8 Å². The number of hydrogen-bond donors (Lipinski definition) is 1. The Morgan fingerprint density at radius 1 is 1.00 bits per heavy atom. The minimum Gasteiger partial charge on any atom is -0.497 e. The van der Waals surface area contributed by atoms with E-state index in [1.54, 1.807) is 55.9 Å². The molecule has 9 heteroatoms. The van der Waals surface area contributed by atoms with Crippen LogP contribution in [-0.4, -0.2) is 30.5 Å². The van der Waals surface area contributed by atoms with Gasteiger partial charge < -0.3 is 9.47 Å². The van der Waals surface area contributed by atoms with Crippen LogP contribution in [0.15, 0.2) is 71.9 Å². The quantitative estimate of drug-likeness (QED) is 0.539. The van der Waals surface area contributed by atoms with Crippen molar-refractivity contribution in [3.05, 3.63) is 67.0 Å². The molecule has 2 aromatic heterocycles. The van der Waals surface area contributed by atoms with Gasteiger partial charge in [0.1, 0.15) is 16.4 Å². The van der Waals surface area contributed by atoms with E-state index >= 15 is 0 Å². The zero-order valence-corrected chi connectivity index (χ0v) is 16.1. The molecule has 29 heavy (non-hydrogen) atoms. The summed E-state index contributed by atoms with van der Waals surface area (Å²) in [6.07, 6.45) is 3.28. The minimum atomic E-state index is -3.99. The third-order valence-electron chi connectivity index (χ3n) is 4.15. The number of fused-ring (bicyclic) bond motifs is 1. The first kappa shape index (κ1) is 18.8. The lowest BCUT2D eigenvalue weighted by Crippen LogP contribution is -2.13. The Morgan fingerprint density at radius 3 is 2.55 bits per heavy atom. The average molecular weight is 408 g/mol. The van der Waals surface area contributed by atoms with Gasteiger partial charge in [0.25, 0.3) is 0 Å². The molecule has 0 saturated carbocycles. The Hall–Kier alpha value is -3.56. The molecule has 4 aromatic rings. The van der Waals surface area contributed by atoms with Crippen LogP contribution in [0, 0.1) is 0 Å². The summed E-state index contributed by atoms with van der Waals surface area (Å²) in [7, 11) is -2.44. The molecule has 0 unspecified atom stereocenters. The number of ether oxygens (including phenoxy) is 2. The summed E-state index contributed by atoms with van der Waals surface area (Å²) >= 11 is 0. The Kier molecular flexibility index (Phi) is 4.83. The lowest BCUT2D eigenvalue weighted by molar-refractivity contribution is 0.414. The van der Waals surface area contributed by atoms with Gasteiger partial charge in [0.15, 0.2) is 5.82 Å². The molecule has 4 rings (SSSR count). The van der Waals surface area contributed by atoms with Gasteiger partial charge in [-0.1, -0.05) is 12.1 Å². The second-order valence-corrected chi connectivity index (χ2v) is 7.60. The van der Waals surface area contributed by atoms with Gasteiger partial charge in [0.05, 0.1) is 18.0 Å². The molecule has 0 amide bonds. The number of para-hydroxylation sites is 1. The summed E-state index contributed by atoms with van der Waals surface area (Å²) in [5.41, 5.74) is 1.29. The predicted molar refractivity (Wildman–Crippen MR) is 107 cm³/mol. The number of hydrogen-bond acceptors (Lipinski definition) is 7. The first-order chi connectivity index (χ1) is 14.0. The van der Waals surface area contributed by atoms with Crippen LogP contribution >= 0.6 is 0 Å². The molecule has 0 radical (unpaired) electrons. The molecule has 0 saturated heterocycles. The monoisotopic (exact) mass is 408 g/mol. The maximum atomic E-state index is 11.9. The number of aromatic nitrogens is 3. The Bertz CT molecular complexity index is 1290. The van der Waals surface area contributed by atoms with Gasteiger partial charge >= 0.3 is 0 Å². The van der Waals surface area contributed by atoms with Crippen LogP contribution in [0.25, 0.3) is 22.3 Å². The van der Waals surface area contributed by atoms with E-state index in [1.165, 1.54) is 12.1 Å². The van der Waals surface area contributed by atoms with Crippen LogP contribution in [0.1, 0.15) is 0 Å². The van der Waals surface area contributed by atoms with Crippen molar-refractivity contribution in [2.45, 2.75) is 4.90 Å². The van der Waals surface area contributed by atoms with Gasteiger partial charge in [-0.3, -0.25) is 4.98 Å². The number of sulfonamides is 1. The Morgan fingerprint density at radius 2 is 1.83 bits per heavy atom. The van der Waals surface area contributed by atoms with Gasteiger partial charge in [0, 0.05) is 18.0 Å². The van der Waals surface area contributed by atoms with E-state index in [2.05, 4.69) is 15.0 Å². The summed E-state index contributed by atoms with van der Waals surface area (Å²) in [5, 5.41) is 5.88. The molecule has 0 spiro atoms. The minimum absolute atomic E-state index is 0.0648. The first-order valence-electron chi connectivity index (χ1n) is 8.51. The Balaban J connectivity index is 1.93. The van der Waals surface area contributed by atoms with Gasteiger partial charge in [0.2, 0.25) is 15.9 Å². The standard InChI is InChI=1S/C20H16N4O4S/c1-27-14-8-9-16-15(11-14)20(24-19(23-16)13-5-4-10-22-12-13)28-17-6-2-3-7-18(17)29(21,25)26/h2-12H,1H3,(H2,21,25,26). The molecule has 0 bridgehead atoms. The normalized spacial score (nSPS) is 11.4. The van der Waals surface area contributed by atoms with E-state index in [0.29, 0.717) is 28.0 Å². The average Bonchev–Trinajstić information content (AvgIpc) is 2.73. The van der Waals surface area contributed by atoms with Gasteiger partial charge in [-0.05, 0) is 42.5 Å². The van der Waals surface area contributed by atoms with Crippen LogP contribution in [0.4, 0.5) is 0 Å². The smallest absolute Gasteiger partial charge is 0.241 e. The highest BCUT2D eigenvalue weighted by Gasteiger charge is 2.18. The van der Waals surface area contributed by atoms with Crippen molar-refractivity contribution >= 4 is 20.9 Å². The van der Waals surface area contributed by atoms with E-state index in [4.69, 9.17) is 14.6 Å². The number of benzene rings is 2. The van der Waals surface area contributed by atoms with Crippen LogP contribution in [-0.2, 0) is 10.0 Å². The van der Waals surface area contributed by atoms with Crippen molar-refractivity contribution in [1.82, 2.24) is 15.0 Å². The molecule has 0 atom stereocenters. The van der Waals surface area contributed by atoms with Gasteiger partial charge in [-0.15, -0.1) is 0 Å². The molecule has 2 aromatic carbocycles. The van der Waals surface area contributed by atoms with E-state index in [1.807, 2.05) is 6.07 Å². The second kappa shape index (κ2) is 7.46.